The van der Waals surface area contributed by atoms with Crippen LogP contribution >= 0.6 is 0 Å². The fourth-order valence-electron chi connectivity index (χ4n) is 2.09. The molecule has 0 aromatic carbocycles. The summed E-state index contributed by atoms with van der Waals surface area (Å²) in [6.07, 6.45) is 2.57. The Bertz CT molecular complexity index is 161. The third-order valence-electron chi connectivity index (χ3n) is 2.78. The molecule has 1 heterocycles. The van der Waals surface area contributed by atoms with E-state index in [1.54, 1.807) is 7.11 Å². The molecule has 0 radical (unpaired) electrons. The van der Waals surface area contributed by atoms with Gasteiger partial charge in [-0.3, -0.25) is 4.90 Å². The summed E-state index contributed by atoms with van der Waals surface area (Å²) in [5, 5.41) is 0. The Kier molecular flexibility index (Phi) is 2.33. The highest BCUT2D eigenvalue weighted by Gasteiger charge is 2.40. The van der Waals surface area contributed by atoms with Gasteiger partial charge in [0.15, 0.2) is 0 Å². The van der Waals surface area contributed by atoms with E-state index in [1.807, 2.05) is 0 Å². The lowest BCUT2D eigenvalue weighted by atomic mass is 10.2. The molecule has 2 aliphatic rings. The van der Waals surface area contributed by atoms with E-state index in [0.29, 0.717) is 31.7 Å². The first-order valence-electron chi connectivity index (χ1n) is 4.70. The van der Waals surface area contributed by atoms with Crippen LogP contribution in [0, 0.1) is 0 Å². The van der Waals surface area contributed by atoms with Crippen LogP contribution in [0.25, 0.3) is 0 Å². The zero-order valence-corrected chi connectivity index (χ0v) is 7.50. The highest BCUT2D eigenvalue weighted by molar-refractivity contribution is 4.95. The highest BCUT2D eigenvalue weighted by atomic mass is 19.1. The van der Waals surface area contributed by atoms with E-state index in [-0.39, 0.29) is 0 Å². The highest BCUT2D eigenvalue weighted by Crippen LogP contribution is 2.34. The third kappa shape index (κ3) is 1.62. The Morgan fingerprint density at radius 2 is 2.25 bits per heavy atom. The smallest absolute Gasteiger partial charge is 0.114 e. The van der Waals surface area contributed by atoms with Crippen molar-refractivity contribution in [2.24, 2.45) is 0 Å². The van der Waals surface area contributed by atoms with E-state index < -0.39 is 6.17 Å². The Balaban J connectivity index is 1.90. The number of halogens is 1. The van der Waals surface area contributed by atoms with Crippen LogP contribution in [0.1, 0.15) is 19.3 Å². The van der Waals surface area contributed by atoms with Crippen LogP contribution in [0.2, 0.25) is 0 Å². The zero-order chi connectivity index (χ0) is 8.55. The molecule has 1 aliphatic carbocycles. The van der Waals surface area contributed by atoms with Gasteiger partial charge in [0.25, 0.3) is 0 Å². The fraction of sp³-hybridized carbons (Fsp3) is 1.00. The monoisotopic (exact) mass is 173 g/mol. The number of rotatable bonds is 3. The molecule has 0 bridgehead atoms. The van der Waals surface area contributed by atoms with Gasteiger partial charge in [-0.2, -0.15) is 0 Å². The van der Waals surface area contributed by atoms with E-state index in [9.17, 15) is 4.39 Å². The molecule has 1 saturated carbocycles. The van der Waals surface area contributed by atoms with Crippen molar-refractivity contribution in [1.82, 2.24) is 4.90 Å². The largest absolute Gasteiger partial charge is 0.383 e. The van der Waals surface area contributed by atoms with Crippen molar-refractivity contribution in [2.75, 3.05) is 20.3 Å². The van der Waals surface area contributed by atoms with Crippen LogP contribution in [0.15, 0.2) is 0 Å². The predicted octanol–water partition coefficient (Wildman–Crippen LogP) is 1.21. The Hall–Kier alpha value is -0.150. The van der Waals surface area contributed by atoms with Gasteiger partial charge in [0.1, 0.15) is 6.17 Å². The van der Waals surface area contributed by atoms with Crippen LogP contribution in [0.5, 0.6) is 0 Å². The van der Waals surface area contributed by atoms with E-state index in [0.717, 1.165) is 0 Å². The predicted molar refractivity (Wildman–Crippen MR) is 44.9 cm³/mol. The molecular weight excluding hydrogens is 157 g/mol. The van der Waals surface area contributed by atoms with Crippen molar-refractivity contribution >= 4 is 0 Å². The van der Waals surface area contributed by atoms with Crippen LogP contribution in [-0.2, 0) is 4.74 Å². The summed E-state index contributed by atoms with van der Waals surface area (Å²) in [6.45, 7) is 1.33. The quantitative estimate of drug-likeness (QED) is 0.636. The molecule has 1 aliphatic heterocycles. The van der Waals surface area contributed by atoms with Gasteiger partial charge in [-0.1, -0.05) is 0 Å². The molecule has 0 amide bonds. The average Bonchev–Trinajstić information content (AvgIpc) is 2.79. The van der Waals surface area contributed by atoms with Crippen LogP contribution in [0.3, 0.4) is 0 Å². The Morgan fingerprint density at radius 1 is 1.50 bits per heavy atom. The van der Waals surface area contributed by atoms with Gasteiger partial charge >= 0.3 is 0 Å². The van der Waals surface area contributed by atoms with Gasteiger partial charge in [0, 0.05) is 25.7 Å². The first-order valence-corrected chi connectivity index (χ1v) is 4.70. The molecule has 12 heavy (non-hydrogen) atoms. The van der Waals surface area contributed by atoms with Crippen molar-refractivity contribution in [3.63, 3.8) is 0 Å². The van der Waals surface area contributed by atoms with Gasteiger partial charge in [-0.15, -0.1) is 0 Å². The minimum atomic E-state index is -0.620. The molecular formula is C9H16FNO. The lowest BCUT2D eigenvalue weighted by molar-refractivity contribution is 0.111. The van der Waals surface area contributed by atoms with E-state index >= 15 is 0 Å². The summed E-state index contributed by atoms with van der Waals surface area (Å²) >= 11 is 0. The number of ether oxygens (including phenoxy) is 1. The fourth-order valence-corrected chi connectivity index (χ4v) is 2.09. The molecule has 2 rings (SSSR count). The van der Waals surface area contributed by atoms with Gasteiger partial charge < -0.3 is 4.74 Å². The molecule has 0 aromatic rings. The second-order valence-electron chi connectivity index (χ2n) is 3.87. The summed E-state index contributed by atoms with van der Waals surface area (Å²) in [5.41, 5.74) is 0. The lowest BCUT2D eigenvalue weighted by Gasteiger charge is -2.22. The van der Waals surface area contributed by atoms with Crippen LogP contribution in [0.4, 0.5) is 4.39 Å². The second-order valence-corrected chi connectivity index (χ2v) is 3.87. The van der Waals surface area contributed by atoms with Gasteiger partial charge in [0.2, 0.25) is 0 Å². The van der Waals surface area contributed by atoms with Gasteiger partial charge in [-0.05, 0) is 19.3 Å². The molecule has 1 saturated heterocycles. The number of nitrogens with zero attached hydrogens (tertiary/aromatic N) is 1. The number of likely N-dealkylation sites (tertiary alicyclic amines) is 1. The SMILES string of the molecule is COCC1CC(F)CN1C1CC1. The van der Waals surface area contributed by atoms with Gasteiger partial charge in [0.05, 0.1) is 6.61 Å². The maximum atomic E-state index is 13.0. The van der Waals surface area contributed by atoms with Crippen LogP contribution in [-0.4, -0.2) is 43.4 Å². The third-order valence-corrected chi connectivity index (χ3v) is 2.78. The summed E-state index contributed by atoms with van der Waals surface area (Å²) in [4.78, 5) is 2.29. The topological polar surface area (TPSA) is 12.5 Å². The lowest BCUT2D eigenvalue weighted by Crippen LogP contribution is -2.34. The molecule has 2 nitrogen and oxygen atoms in total. The minimum absolute atomic E-state index is 0.345. The normalized spacial score (nSPS) is 37.5. The van der Waals surface area contributed by atoms with Crippen molar-refractivity contribution in [3.8, 4) is 0 Å². The van der Waals surface area contributed by atoms with Crippen molar-refractivity contribution in [1.29, 1.82) is 0 Å². The second kappa shape index (κ2) is 3.30. The number of hydrogen-bond donors (Lipinski definition) is 0. The molecule has 3 heteroatoms. The molecule has 2 unspecified atom stereocenters. The van der Waals surface area contributed by atoms with Crippen molar-refractivity contribution in [3.05, 3.63) is 0 Å². The molecule has 0 N–H and O–H groups in total. The number of hydrogen-bond acceptors (Lipinski definition) is 2. The van der Waals surface area contributed by atoms with E-state index in [2.05, 4.69) is 4.90 Å². The number of alkyl halides is 1. The first-order chi connectivity index (χ1) is 5.81. The maximum absolute atomic E-state index is 13.0. The zero-order valence-electron chi connectivity index (χ0n) is 7.50. The van der Waals surface area contributed by atoms with Gasteiger partial charge in [-0.25, -0.2) is 4.39 Å². The summed E-state index contributed by atoms with van der Waals surface area (Å²) < 4.78 is 18.1. The molecule has 2 fully saturated rings. The first kappa shape index (κ1) is 8.45. The molecule has 2 atom stereocenters. The van der Waals surface area contributed by atoms with E-state index in [4.69, 9.17) is 4.74 Å². The minimum Gasteiger partial charge on any atom is -0.383 e. The summed E-state index contributed by atoms with van der Waals surface area (Å²) in [5.74, 6) is 0. The summed E-state index contributed by atoms with van der Waals surface area (Å²) in [7, 11) is 1.69. The van der Waals surface area contributed by atoms with E-state index in [1.165, 1.54) is 12.8 Å². The maximum Gasteiger partial charge on any atom is 0.114 e. The Labute approximate surface area is 72.7 Å². The standard InChI is InChI=1S/C9H16FNO/c1-12-6-9-4-7(10)5-11(9)8-2-3-8/h7-9H,2-6H2,1H3. The van der Waals surface area contributed by atoms with Crippen molar-refractivity contribution in [2.45, 2.75) is 37.5 Å². The van der Waals surface area contributed by atoms with Crippen LogP contribution < -0.4 is 0 Å². The molecule has 70 valence electrons. The summed E-state index contributed by atoms with van der Waals surface area (Å²) in [6, 6.07) is 1.02. The average molecular weight is 173 g/mol. The Morgan fingerprint density at radius 3 is 2.83 bits per heavy atom. The molecule has 0 spiro atoms. The number of methoxy groups -OCH3 is 1. The molecule has 0 aromatic heterocycles. The van der Waals surface area contributed by atoms with Crippen molar-refractivity contribution < 1.29 is 9.13 Å².